The topological polar surface area (TPSA) is 70.4 Å². The fourth-order valence-corrected chi connectivity index (χ4v) is 3.15. The maximum Gasteiger partial charge on any atom is 0.317 e. The molecule has 0 saturated carbocycles. The van der Waals surface area contributed by atoms with Crippen LogP contribution in [0.3, 0.4) is 0 Å². The number of nitrogens with zero attached hydrogens (tertiary/aromatic N) is 3. The first-order valence-electron chi connectivity index (χ1n) is 8.39. The Morgan fingerprint density at radius 1 is 1.38 bits per heavy atom. The van der Waals surface area contributed by atoms with E-state index in [4.69, 9.17) is 0 Å². The highest BCUT2D eigenvalue weighted by Gasteiger charge is 2.27. The van der Waals surface area contributed by atoms with Crippen LogP contribution in [0.4, 0.5) is 4.79 Å². The summed E-state index contributed by atoms with van der Waals surface area (Å²) >= 11 is 0. The van der Waals surface area contributed by atoms with E-state index in [2.05, 4.69) is 22.5 Å². The van der Waals surface area contributed by atoms with Gasteiger partial charge < -0.3 is 15.3 Å². The van der Waals surface area contributed by atoms with Gasteiger partial charge in [0.15, 0.2) is 0 Å². The standard InChI is InChI=1S/C18H24N4O2/c1-14-10-17(23)6-9-22(14)18(24)19-12-15-4-2-5-16(11-15)13-21-8-3-7-20-21/h2-5,7-8,11,14,17,23H,6,9-10,12-13H2,1H3,(H,19,24)/t14-,17-/m0/s1. The average molecular weight is 328 g/mol. The molecule has 3 rings (SSSR count). The first kappa shape index (κ1) is 16.5. The van der Waals surface area contributed by atoms with Crippen LogP contribution < -0.4 is 5.32 Å². The minimum Gasteiger partial charge on any atom is -0.393 e. The predicted molar refractivity (Wildman–Crippen MR) is 91.4 cm³/mol. The van der Waals surface area contributed by atoms with Gasteiger partial charge in [0.1, 0.15) is 0 Å². The smallest absolute Gasteiger partial charge is 0.317 e. The Hall–Kier alpha value is -2.34. The van der Waals surface area contributed by atoms with E-state index in [1.165, 1.54) is 0 Å². The fourth-order valence-electron chi connectivity index (χ4n) is 3.15. The molecule has 0 spiro atoms. The monoisotopic (exact) mass is 328 g/mol. The van der Waals surface area contributed by atoms with Crippen molar-refractivity contribution in [3.8, 4) is 0 Å². The van der Waals surface area contributed by atoms with Crippen molar-refractivity contribution in [1.82, 2.24) is 20.0 Å². The minimum atomic E-state index is -0.289. The Morgan fingerprint density at radius 2 is 2.21 bits per heavy atom. The Bertz CT molecular complexity index is 671. The Morgan fingerprint density at radius 3 is 2.96 bits per heavy atom. The predicted octanol–water partition coefficient (Wildman–Crippen LogP) is 1.99. The fraction of sp³-hybridized carbons (Fsp3) is 0.444. The molecule has 1 saturated heterocycles. The summed E-state index contributed by atoms with van der Waals surface area (Å²) in [5.41, 5.74) is 2.22. The molecule has 128 valence electrons. The van der Waals surface area contributed by atoms with Crippen molar-refractivity contribution >= 4 is 6.03 Å². The molecule has 2 amide bonds. The van der Waals surface area contributed by atoms with Crippen LogP contribution in [0, 0.1) is 0 Å². The van der Waals surface area contributed by atoms with Gasteiger partial charge in [-0.3, -0.25) is 4.68 Å². The largest absolute Gasteiger partial charge is 0.393 e. The van der Waals surface area contributed by atoms with Crippen molar-refractivity contribution in [2.45, 2.75) is 45.0 Å². The Balaban J connectivity index is 1.55. The van der Waals surface area contributed by atoms with Gasteiger partial charge >= 0.3 is 6.03 Å². The number of benzene rings is 1. The lowest BCUT2D eigenvalue weighted by molar-refractivity contribution is 0.0649. The number of likely N-dealkylation sites (tertiary alicyclic amines) is 1. The van der Waals surface area contributed by atoms with Crippen molar-refractivity contribution in [2.24, 2.45) is 0 Å². The number of urea groups is 1. The Kier molecular flexibility index (Phi) is 5.15. The summed E-state index contributed by atoms with van der Waals surface area (Å²) in [6, 6.07) is 10.1. The number of nitrogens with one attached hydrogen (secondary N) is 1. The third-order valence-corrected chi connectivity index (χ3v) is 4.45. The van der Waals surface area contributed by atoms with Crippen LogP contribution in [0.5, 0.6) is 0 Å². The van der Waals surface area contributed by atoms with Gasteiger partial charge in [0, 0.05) is 31.5 Å². The van der Waals surface area contributed by atoms with Gasteiger partial charge in [0.05, 0.1) is 12.6 Å². The van der Waals surface area contributed by atoms with Crippen LogP contribution in [0.2, 0.25) is 0 Å². The van der Waals surface area contributed by atoms with Crippen LogP contribution in [0.25, 0.3) is 0 Å². The second kappa shape index (κ2) is 7.49. The maximum atomic E-state index is 12.3. The average Bonchev–Trinajstić information content (AvgIpc) is 3.06. The molecular weight excluding hydrogens is 304 g/mol. The van der Waals surface area contributed by atoms with Crippen molar-refractivity contribution < 1.29 is 9.90 Å². The van der Waals surface area contributed by atoms with Gasteiger partial charge in [0.25, 0.3) is 0 Å². The number of rotatable bonds is 4. The molecule has 2 atom stereocenters. The van der Waals surface area contributed by atoms with Crippen LogP contribution in [-0.4, -0.2) is 44.5 Å². The first-order valence-corrected chi connectivity index (χ1v) is 8.39. The maximum absolute atomic E-state index is 12.3. The molecule has 1 aromatic carbocycles. The normalized spacial score (nSPS) is 20.8. The van der Waals surface area contributed by atoms with Gasteiger partial charge in [-0.15, -0.1) is 0 Å². The molecule has 1 fully saturated rings. The lowest BCUT2D eigenvalue weighted by Crippen LogP contribution is -2.50. The lowest BCUT2D eigenvalue weighted by atomic mass is 10.0. The molecule has 1 aliphatic heterocycles. The number of carbonyl (C=O) groups is 1. The quantitative estimate of drug-likeness (QED) is 0.902. The summed E-state index contributed by atoms with van der Waals surface area (Å²) in [6.07, 6.45) is 4.70. The zero-order valence-electron chi connectivity index (χ0n) is 13.9. The number of hydrogen-bond donors (Lipinski definition) is 2. The molecule has 1 aromatic heterocycles. The lowest BCUT2D eigenvalue weighted by Gasteiger charge is -2.35. The highest BCUT2D eigenvalue weighted by atomic mass is 16.3. The zero-order valence-corrected chi connectivity index (χ0v) is 13.9. The molecule has 2 heterocycles. The SMILES string of the molecule is C[C@H]1C[C@@H](O)CCN1C(=O)NCc1cccc(Cn2cccn2)c1. The number of aliphatic hydroxyl groups excluding tert-OH is 1. The summed E-state index contributed by atoms with van der Waals surface area (Å²) in [5.74, 6) is 0. The van der Waals surface area contributed by atoms with Gasteiger partial charge in [-0.2, -0.15) is 5.10 Å². The second-order valence-electron chi connectivity index (χ2n) is 6.40. The number of carbonyl (C=O) groups excluding carboxylic acids is 1. The third kappa shape index (κ3) is 4.14. The Labute approximate surface area is 142 Å². The van der Waals surface area contributed by atoms with Gasteiger partial charge in [-0.1, -0.05) is 24.3 Å². The molecule has 2 aromatic rings. The number of amides is 2. The van der Waals surface area contributed by atoms with Crippen molar-refractivity contribution in [2.75, 3.05) is 6.54 Å². The van der Waals surface area contributed by atoms with E-state index < -0.39 is 0 Å². The molecule has 6 nitrogen and oxygen atoms in total. The molecule has 6 heteroatoms. The van der Waals surface area contributed by atoms with Crippen molar-refractivity contribution in [3.05, 3.63) is 53.9 Å². The molecule has 0 bridgehead atoms. The molecule has 0 radical (unpaired) electrons. The van der Waals surface area contributed by atoms with Crippen molar-refractivity contribution in [1.29, 1.82) is 0 Å². The summed E-state index contributed by atoms with van der Waals surface area (Å²) in [7, 11) is 0. The third-order valence-electron chi connectivity index (χ3n) is 4.45. The van der Waals surface area contributed by atoms with E-state index in [1.807, 2.05) is 36.0 Å². The van der Waals surface area contributed by atoms with Gasteiger partial charge in [0.2, 0.25) is 0 Å². The molecule has 1 aliphatic rings. The molecule has 0 unspecified atom stereocenters. The number of piperidine rings is 1. The minimum absolute atomic E-state index is 0.0631. The summed E-state index contributed by atoms with van der Waals surface area (Å²) in [4.78, 5) is 14.2. The van der Waals surface area contributed by atoms with Gasteiger partial charge in [-0.05, 0) is 37.0 Å². The highest BCUT2D eigenvalue weighted by Crippen LogP contribution is 2.17. The number of aliphatic hydroxyl groups is 1. The van der Waals surface area contributed by atoms with Crippen LogP contribution >= 0.6 is 0 Å². The van der Waals surface area contributed by atoms with E-state index >= 15 is 0 Å². The van der Waals surface area contributed by atoms with E-state index in [0.29, 0.717) is 25.9 Å². The summed E-state index contributed by atoms with van der Waals surface area (Å²) in [6.45, 7) is 3.80. The van der Waals surface area contributed by atoms with Gasteiger partial charge in [-0.25, -0.2) is 4.79 Å². The van der Waals surface area contributed by atoms with Crippen molar-refractivity contribution in [3.63, 3.8) is 0 Å². The number of aromatic nitrogens is 2. The molecular formula is C18H24N4O2. The van der Waals surface area contributed by atoms with Crippen LogP contribution in [0.15, 0.2) is 42.7 Å². The highest BCUT2D eigenvalue weighted by molar-refractivity contribution is 5.74. The summed E-state index contributed by atoms with van der Waals surface area (Å²) in [5, 5.41) is 16.9. The van der Waals surface area contributed by atoms with Crippen LogP contribution in [0.1, 0.15) is 30.9 Å². The van der Waals surface area contributed by atoms with E-state index in [1.54, 1.807) is 11.1 Å². The molecule has 2 N–H and O–H groups in total. The van der Waals surface area contributed by atoms with E-state index in [0.717, 1.165) is 17.7 Å². The summed E-state index contributed by atoms with van der Waals surface area (Å²) < 4.78 is 1.87. The van der Waals surface area contributed by atoms with E-state index in [9.17, 15) is 9.90 Å². The zero-order chi connectivity index (χ0) is 16.9. The number of hydrogen-bond acceptors (Lipinski definition) is 3. The molecule has 24 heavy (non-hydrogen) atoms. The van der Waals surface area contributed by atoms with Crippen LogP contribution in [-0.2, 0) is 13.1 Å². The van der Waals surface area contributed by atoms with E-state index in [-0.39, 0.29) is 18.2 Å². The second-order valence-corrected chi connectivity index (χ2v) is 6.40. The molecule has 0 aliphatic carbocycles. The first-order chi connectivity index (χ1) is 11.6.